The first kappa shape index (κ1) is 23.2. The maximum atomic E-state index is 14.3. The van der Waals surface area contributed by atoms with Crippen molar-refractivity contribution in [3.05, 3.63) is 60.2 Å². The molecule has 8 heteroatoms. The molecule has 1 aromatic carbocycles. The van der Waals surface area contributed by atoms with E-state index in [9.17, 15) is 19.5 Å². The van der Waals surface area contributed by atoms with E-state index in [2.05, 4.69) is 0 Å². The second kappa shape index (κ2) is 8.27. The molecule has 1 N–H and O–H groups in total. The van der Waals surface area contributed by atoms with Crippen molar-refractivity contribution in [2.75, 3.05) is 19.8 Å². The van der Waals surface area contributed by atoms with Gasteiger partial charge in [-0.15, -0.1) is 11.8 Å². The van der Waals surface area contributed by atoms with E-state index in [1.54, 1.807) is 9.80 Å². The van der Waals surface area contributed by atoms with E-state index in [1.807, 2.05) is 75.4 Å². The number of esters is 1. The summed E-state index contributed by atoms with van der Waals surface area (Å²) in [5.41, 5.74) is 0.752. The highest BCUT2D eigenvalue weighted by Crippen LogP contribution is 2.66. The predicted molar refractivity (Wildman–Crippen MR) is 129 cm³/mol. The lowest BCUT2D eigenvalue weighted by atomic mass is 9.75. The second-order valence-electron chi connectivity index (χ2n) is 9.87. The Morgan fingerprint density at radius 2 is 1.82 bits per heavy atom. The van der Waals surface area contributed by atoms with Crippen LogP contribution < -0.4 is 0 Å². The average molecular weight is 483 g/mol. The van der Waals surface area contributed by atoms with Crippen molar-refractivity contribution in [2.45, 2.75) is 48.4 Å². The van der Waals surface area contributed by atoms with Gasteiger partial charge in [0.1, 0.15) is 12.6 Å². The van der Waals surface area contributed by atoms with Crippen LogP contribution in [0, 0.1) is 11.8 Å². The quantitative estimate of drug-likeness (QED) is 0.524. The molecule has 0 aliphatic carbocycles. The maximum Gasteiger partial charge on any atom is 0.311 e. The van der Waals surface area contributed by atoms with Crippen molar-refractivity contribution >= 4 is 29.5 Å². The number of carbonyl (C=O) groups excluding carboxylic acids is 3. The van der Waals surface area contributed by atoms with Crippen LogP contribution in [0.2, 0.25) is 0 Å². The van der Waals surface area contributed by atoms with Crippen molar-refractivity contribution in [3.63, 3.8) is 0 Å². The topological polar surface area (TPSA) is 87.2 Å². The first-order valence-electron chi connectivity index (χ1n) is 11.8. The third-order valence-corrected chi connectivity index (χ3v) is 9.39. The standard InChI is InChI=1S/C26H30N2O5S/c1-16(2)27-13-7-12-26-19(20-24(32)33-14-8-11-25(20,3)34-26)22(30)28(21(26)23(27)31)18(15-29)17-9-5-4-6-10-17/h4-12,16,18-21,29H,13-15H2,1-3H3/t18-,19+,20+,21?,25-,26+/m1/s1. The fourth-order valence-electron chi connectivity index (χ4n) is 6.14. The van der Waals surface area contributed by atoms with Crippen LogP contribution in [-0.2, 0) is 19.1 Å². The zero-order valence-electron chi connectivity index (χ0n) is 19.6. The van der Waals surface area contributed by atoms with E-state index in [0.29, 0.717) is 6.54 Å². The van der Waals surface area contributed by atoms with Gasteiger partial charge in [0, 0.05) is 17.3 Å². The van der Waals surface area contributed by atoms with Gasteiger partial charge in [-0.3, -0.25) is 14.4 Å². The summed E-state index contributed by atoms with van der Waals surface area (Å²) in [6.07, 6.45) is 7.71. The molecule has 1 unspecified atom stereocenters. The van der Waals surface area contributed by atoms with Crippen molar-refractivity contribution < 1.29 is 24.2 Å². The Bertz CT molecular complexity index is 1070. The third kappa shape index (κ3) is 3.18. The van der Waals surface area contributed by atoms with Gasteiger partial charge in [-0.05, 0) is 32.4 Å². The van der Waals surface area contributed by atoms with Crippen LogP contribution in [0.5, 0.6) is 0 Å². The Morgan fingerprint density at radius 1 is 1.09 bits per heavy atom. The second-order valence-corrected chi connectivity index (χ2v) is 11.7. The normalized spacial score (nSPS) is 35.6. The van der Waals surface area contributed by atoms with Crippen molar-refractivity contribution in [3.8, 4) is 0 Å². The number of nitrogens with zero attached hydrogens (tertiary/aromatic N) is 2. The molecule has 4 aliphatic rings. The van der Waals surface area contributed by atoms with Gasteiger partial charge in [-0.2, -0.15) is 0 Å². The number of ether oxygens (including phenoxy) is 1. The number of thioether (sulfide) groups is 1. The molecule has 0 aromatic heterocycles. The molecule has 2 saturated heterocycles. The number of aliphatic hydroxyl groups excluding tert-OH is 1. The molecule has 0 saturated carbocycles. The Morgan fingerprint density at radius 3 is 2.50 bits per heavy atom. The highest BCUT2D eigenvalue weighted by molar-refractivity contribution is 8.02. The summed E-state index contributed by atoms with van der Waals surface area (Å²) < 4.78 is 3.83. The summed E-state index contributed by atoms with van der Waals surface area (Å²) in [6, 6.07) is 7.67. The van der Waals surface area contributed by atoms with E-state index in [-0.39, 0.29) is 31.1 Å². The van der Waals surface area contributed by atoms with Gasteiger partial charge in [0.05, 0.1) is 29.2 Å². The molecular weight excluding hydrogens is 452 g/mol. The number of cyclic esters (lactones) is 1. The Labute approximate surface area is 203 Å². The van der Waals surface area contributed by atoms with Gasteiger partial charge in [0.25, 0.3) is 0 Å². The molecule has 34 heavy (non-hydrogen) atoms. The lowest BCUT2D eigenvalue weighted by molar-refractivity contribution is -0.153. The molecule has 180 valence electrons. The first-order valence-corrected chi connectivity index (χ1v) is 12.6. The van der Waals surface area contributed by atoms with E-state index >= 15 is 0 Å². The predicted octanol–water partition coefficient (Wildman–Crippen LogP) is 2.33. The number of rotatable bonds is 4. The molecule has 1 spiro atoms. The number of carbonyl (C=O) groups is 3. The number of aliphatic hydroxyl groups is 1. The largest absolute Gasteiger partial charge is 0.461 e. The van der Waals surface area contributed by atoms with Crippen LogP contribution in [0.3, 0.4) is 0 Å². The minimum atomic E-state index is -0.944. The highest BCUT2D eigenvalue weighted by Gasteiger charge is 2.74. The maximum absolute atomic E-state index is 14.3. The van der Waals surface area contributed by atoms with Crippen LogP contribution in [0.25, 0.3) is 0 Å². The van der Waals surface area contributed by atoms with Gasteiger partial charge in [0.15, 0.2) is 0 Å². The summed E-state index contributed by atoms with van der Waals surface area (Å²) in [4.78, 5) is 44.9. The Hall–Kier alpha value is -2.58. The SMILES string of the molecule is CC(C)N1CC=C[C@]23S[C@]4(C)C=CCOC(=O)[C@@H]4[C@H]2C(=O)N([C@H](CO)c2ccccc2)C3C1=O. The van der Waals surface area contributed by atoms with Crippen molar-refractivity contribution in [1.82, 2.24) is 9.80 Å². The molecule has 0 radical (unpaired) electrons. The summed E-state index contributed by atoms with van der Waals surface area (Å²) in [5, 5.41) is 10.5. The molecule has 2 fully saturated rings. The number of fused-ring (bicyclic) bond motifs is 2. The number of likely N-dealkylation sites (tertiary alicyclic amines) is 1. The fourth-order valence-corrected chi connectivity index (χ4v) is 8.28. The zero-order chi connectivity index (χ0) is 24.3. The number of benzene rings is 1. The molecule has 7 nitrogen and oxygen atoms in total. The number of hydrogen-bond donors (Lipinski definition) is 1. The minimum Gasteiger partial charge on any atom is -0.461 e. The van der Waals surface area contributed by atoms with E-state index < -0.39 is 39.4 Å². The molecule has 6 atom stereocenters. The first-order chi connectivity index (χ1) is 16.2. The monoisotopic (exact) mass is 482 g/mol. The van der Waals surface area contributed by atoms with E-state index in [1.165, 1.54) is 11.8 Å². The van der Waals surface area contributed by atoms with Gasteiger partial charge in [-0.25, -0.2) is 0 Å². The summed E-state index contributed by atoms with van der Waals surface area (Å²) in [6.45, 7) is 6.14. The van der Waals surface area contributed by atoms with Crippen molar-refractivity contribution in [1.29, 1.82) is 0 Å². The third-order valence-electron chi connectivity index (χ3n) is 7.60. The lowest BCUT2D eigenvalue weighted by Crippen LogP contribution is -2.55. The molecule has 2 amide bonds. The molecular formula is C26H30N2O5S. The van der Waals surface area contributed by atoms with Gasteiger partial charge >= 0.3 is 5.97 Å². The van der Waals surface area contributed by atoms with Crippen LogP contribution in [-0.4, -0.2) is 74.0 Å². The molecule has 4 heterocycles. The number of hydrogen-bond acceptors (Lipinski definition) is 6. The summed E-state index contributed by atoms with van der Waals surface area (Å²) in [7, 11) is 0. The molecule has 1 aromatic rings. The Balaban J connectivity index is 1.71. The molecule has 0 bridgehead atoms. The molecule has 4 aliphatic heterocycles. The smallest absolute Gasteiger partial charge is 0.311 e. The van der Waals surface area contributed by atoms with Crippen LogP contribution >= 0.6 is 11.8 Å². The Kier molecular flexibility index (Phi) is 5.64. The van der Waals surface area contributed by atoms with Crippen LogP contribution in [0.1, 0.15) is 32.4 Å². The zero-order valence-corrected chi connectivity index (χ0v) is 20.4. The fraction of sp³-hybridized carbons (Fsp3) is 0.500. The van der Waals surface area contributed by atoms with Gasteiger partial charge in [-0.1, -0.05) is 48.6 Å². The highest BCUT2D eigenvalue weighted by atomic mass is 32.2. The minimum absolute atomic E-state index is 0.0649. The van der Waals surface area contributed by atoms with Gasteiger partial charge < -0.3 is 19.6 Å². The van der Waals surface area contributed by atoms with Crippen molar-refractivity contribution in [2.24, 2.45) is 11.8 Å². The average Bonchev–Trinajstić information content (AvgIpc) is 3.06. The van der Waals surface area contributed by atoms with E-state index in [0.717, 1.165) is 5.56 Å². The summed E-state index contributed by atoms with van der Waals surface area (Å²) in [5.74, 6) is -2.36. The van der Waals surface area contributed by atoms with E-state index in [4.69, 9.17) is 4.74 Å². The summed E-state index contributed by atoms with van der Waals surface area (Å²) >= 11 is 1.51. The van der Waals surface area contributed by atoms with Crippen LogP contribution in [0.15, 0.2) is 54.6 Å². The van der Waals surface area contributed by atoms with Gasteiger partial charge in [0.2, 0.25) is 11.8 Å². The number of amides is 2. The van der Waals surface area contributed by atoms with Crippen LogP contribution in [0.4, 0.5) is 0 Å². The lowest BCUT2D eigenvalue weighted by Gasteiger charge is -2.40. The molecule has 5 rings (SSSR count).